The van der Waals surface area contributed by atoms with Gasteiger partial charge in [0.1, 0.15) is 6.04 Å². The molecule has 1 aliphatic carbocycles. The topological polar surface area (TPSA) is 58.2 Å². The van der Waals surface area contributed by atoms with Gasteiger partial charge in [-0.05, 0) is 36.5 Å². The molecule has 2 amide bonds. The molecule has 4 nitrogen and oxygen atoms in total. The summed E-state index contributed by atoms with van der Waals surface area (Å²) in [5, 5.41) is 6.37. The zero-order chi connectivity index (χ0) is 15.2. The average molecular weight is 309 g/mol. The first kappa shape index (κ1) is 15.8. The van der Waals surface area contributed by atoms with E-state index in [9.17, 15) is 9.59 Å². The van der Waals surface area contributed by atoms with Gasteiger partial charge in [-0.25, -0.2) is 0 Å². The van der Waals surface area contributed by atoms with Gasteiger partial charge in [0, 0.05) is 18.5 Å². The minimum Gasteiger partial charge on any atom is -0.350 e. The molecule has 0 bridgehead atoms. The van der Waals surface area contributed by atoms with Crippen LogP contribution < -0.4 is 10.6 Å². The maximum absolute atomic E-state index is 12.4. The van der Waals surface area contributed by atoms with E-state index in [4.69, 9.17) is 11.6 Å². The van der Waals surface area contributed by atoms with Crippen molar-refractivity contribution in [1.82, 2.24) is 10.6 Å². The SMILES string of the molecule is CC(=O)NC(C(=O)NCc1ccc(Cl)cc1)C1CCCC1. The fraction of sp³-hybridized carbons (Fsp3) is 0.500. The molecule has 2 N–H and O–H groups in total. The fourth-order valence-electron chi connectivity index (χ4n) is 2.81. The summed E-state index contributed by atoms with van der Waals surface area (Å²) >= 11 is 5.83. The Bertz CT molecular complexity index is 496. The molecule has 0 heterocycles. The maximum Gasteiger partial charge on any atom is 0.243 e. The second kappa shape index (κ2) is 7.46. The standard InChI is InChI=1S/C16H21ClN2O2/c1-11(20)19-15(13-4-2-3-5-13)16(21)18-10-12-6-8-14(17)9-7-12/h6-9,13,15H,2-5,10H2,1H3,(H,18,21)(H,19,20). The molecule has 1 fully saturated rings. The Morgan fingerprint density at radius 2 is 1.86 bits per heavy atom. The molecule has 2 rings (SSSR count). The number of carbonyl (C=O) groups is 2. The first-order chi connectivity index (χ1) is 10.1. The van der Waals surface area contributed by atoms with E-state index in [1.54, 1.807) is 12.1 Å². The molecule has 21 heavy (non-hydrogen) atoms. The maximum atomic E-state index is 12.4. The van der Waals surface area contributed by atoms with Crippen LogP contribution in [0.2, 0.25) is 5.02 Å². The van der Waals surface area contributed by atoms with Gasteiger partial charge in [-0.1, -0.05) is 36.6 Å². The first-order valence-electron chi connectivity index (χ1n) is 7.35. The summed E-state index contributed by atoms with van der Waals surface area (Å²) in [4.78, 5) is 23.7. The summed E-state index contributed by atoms with van der Waals surface area (Å²) in [7, 11) is 0. The van der Waals surface area contributed by atoms with Crippen molar-refractivity contribution in [3.8, 4) is 0 Å². The monoisotopic (exact) mass is 308 g/mol. The van der Waals surface area contributed by atoms with Crippen molar-refractivity contribution < 1.29 is 9.59 Å². The predicted molar refractivity (Wildman–Crippen MR) is 82.9 cm³/mol. The Kier molecular flexibility index (Phi) is 5.62. The van der Waals surface area contributed by atoms with Gasteiger partial charge in [0.15, 0.2) is 0 Å². The largest absolute Gasteiger partial charge is 0.350 e. The Hall–Kier alpha value is -1.55. The highest BCUT2D eigenvalue weighted by Gasteiger charge is 2.31. The molecule has 5 heteroatoms. The zero-order valence-electron chi connectivity index (χ0n) is 12.2. The lowest BCUT2D eigenvalue weighted by Crippen LogP contribution is -2.49. The molecular weight excluding hydrogens is 288 g/mol. The molecule has 1 aromatic rings. The Morgan fingerprint density at radius 3 is 2.43 bits per heavy atom. The Morgan fingerprint density at radius 1 is 1.24 bits per heavy atom. The molecule has 0 saturated heterocycles. The van der Waals surface area contributed by atoms with E-state index in [1.165, 1.54) is 6.92 Å². The lowest BCUT2D eigenvalue weighted by atomic mass is 9.97. The molecule has 0 aromatic heterocycles. The average Bonchev–Trinajstić information content (AvgIpc) is 2.97. The number of rotatable bonds is 5. The van der Waals surface area contributed by atoms with Crippen LogP contribution in [0.25, 0.3) is 0 Å². The van der Waals surface area contributed by atoms with Crippen LogP contribution in [0.1, 0.15) is 38.2 Å². The zero-order valence-corrected chi connectivity index (χ0v) is 13.0. The number of halogens is 1. The van der Waals surface area contributed by atoms with Gasteiger partial charge in [0.05, 0.1) is 0 Å². The lowest BCUT2D eigenvalue weighted by Gasteiger charge is -2.23. The van der Waals surface area contributed by atoms with Crippen molar-refractivity contribution in [1.29, 1.82) is 0 Å². The quantitative estimate of drug-likeness (QED) is 0.878. The third kappa shape index (κ3) is 4.74. The molecule has 0 radical (unpaired) electrons. The van der Waals surface area contributed by atoms with Gasteiger partial charge in [0.2, 0.25) is 11.8 Å². The van der Waals surface area contributed by atoms with E-state index in [0.717, 1.165) is 31.2 Å². The van der Waals surface area contributed by atoms with E-state index in [-0.39, 0.29) is 17.7 Å². The summed E-state index contributed by atoms with van der Waals surface area (Å²) in [6, 6.07) is 6.94. The molecule has 1 atom stereocenters. The third-order valence-corrected chi connectivity index (χ3v) is 4.14. The van der Waals surface area contributed by atoms with Gasteiger partial charge in [0.25, 0.3) is 0 Å². The molecule has 0 aliphatic heterocycles. The molecule has 1 aliphatic rings. The normalized spacial score (nSPS) is 16.5. The van der Waals surface area contributed by atoms with Crippen LogP contribution in [0.3, 0.4) is 0 Å². The Balaban J connectivity index is 1.94. The number of hydrogen-bond acceptors (Lipinski definition) is 2. The first-order valence-corrected chi connectivity index (χ1v) is 7.73. The summed E-state index contributed by atoms with van der Waals surface area (Å²) in [5.41, 5.74) is 0.987. The van der Waals surface area contributed by atoms with Crippen LogP contribution in [-0.4, -0.2) is 17.9 Å². The van der Waals surface area contributed by atoms with Gasteiger partial charge in [-0.15, -0.1) is 0 Å². The highest BCUT2D eigenvalue weighted by atomic mass is 35.5. The number of nitrogens with one attached hydrogen (secondary N) is 2. The smallest absolute Gasteiger partial charge is 0.243 e. The summed E-state index contributed by atoms with van der Waals surface area (Å²) in [6.45, 7) is 1.90. The van der Waals surface area contributed by atoms with Gasteiger partial charge in [-0.3, -0.25) is 9.59 Å². The van der Waals surface area contributed by atoms with Gasteiger partial charge < -0.3 is 10.6 Å². The van der Waals surface area contributed by atoms with Gasteiger partial charge in [-0.2, -0.15) is 0 Å². The summed E-state index contributed by atoms with van der Waals surface area (Å²) in [6.07, 6.45) is 4.26. The molecule has 1 aromatic carbocycles. The van der Waals surface area contributed by atoms with E-state index in [1.807, 2.05) is 12.1 Å². The van der Waals surface area contributed by atoms with Crippen molar-refractivity contribution >= 4 is 23.4 Å². The number of hydrogen-bond donors (Lipinski definition) is 2. The van der Waals surface area contributed by atoms with Crippen LogP contribution in [0, 0.1) is 5.92 Å². The van der Waals surface area contributed by atoms with E-state index < -0.39 is 6.04 Å². The molecule has 0 spiro atoms. The predicted octanol–water partition coefficient (Wildman–Crippen LogP) is 2.65. The van der Waals surface area contributed by atoms with E-state index in [2.05, 4.69) is 10.6 Å². The third-order valence-electron chi connectivity index (χ3n) is 3.89. The number of benzene rings is 1. The van der Waals surface area contributed by atoms with Crippen LogP contribution in [0.5, 0.6) is 0 Å². The lowest BCUT2D eigenvalue weighted by molar-refractivity contribution is -0.129. The van der Waals surface area contributed by atoms with Crippen molar-refractivity contribution in [3.05, 3.63) is 34.9 Å². The van der Waals surface area contributed by atoms with Crippen molar-refractivity contribution in [2.24, 2.45) is 5.92 Å². The highest BCUT2D eigenvalue weighted by molar-refractivity contribution is 6.30. The highest BCUT2D eigenvalue weighted by Crippen LogP contribution is 2.28. The second-order valence-electron chi connectivity index (χ2n) is 5.57. The number of carbonyl (C=O) groups excluding carboxylic acids is 2. The molecular formula is C16H21ClN2O2. The molecule has 114 valence electrons. The molecule has 1 unspecified atom stereocenters. The second-order valence-corrected chi connectivity index (χ2v) is 6.00. The van der Waals surface area contributed by atoms with E-state index in [0.29, 0.717) is 11.6 Å². The summed E-state index contributed by atoms with van der Waals surface area (Å²) in [5.74, 6) is -0.0142. The van der Waals surface area contributed by atoms with Crippen molar-refractivity contribution in [3.63, 3.8) is 0 Å². The summed E-state index contributed by atoms with van der Waals surface area (Å²) < 4.78 is 0. The van der Waals surface area contributed by atoms with Crippen molar-refractivity contribution in [2.75, 3.05) is 0 Å². The van der Waals surface area contributed by atoms with Crippen LogP contribution in [0.4, 0.5) is 0 Å². The van der Waals surface area contributed by atoms with Gasteiger partial charge >= 0.3 is 0 Å². The van der Waals surface area contributed by atoms with Crippen LogP contribution >= 0.6 is 11.6 Å². The minimum atomic E-state index is -0.419. The molecule has 1 saturated carbocycles. The Labute approximate surface area is 130 Å². The van der Waals surface area contributed by atoms with Crippen LogP contribution in [0.15, 0.2) is 24.3 Å². The van der Waals surface area contributed by atoms with Crippen LogP contribution in [-0.2, 0) is 16.1 Å². The fourth-order valence-corrected chi connectivity index (χ4v) is 2.93. The number of amides is 2. The van der Waals surface area contributed by atoms with Crippen molar-refractivity contribution in [2.45, 2.75) is 45.2 Å². The minimum absolute atomic E-state index is 0.105. The van der Waals surface area contributed by atoms with E-state index >= 15 is 0 Å².